The van der Waals surface area contributed by atoms with Crippen molar-refractivity contribution in [3.63, 3.8) is 0 Å². The second-order valence-corrected chi connectivity index (χ2v) is 10.8. The molecule has 0 aliphatic carbocycles. The zero-order valence-electron chi connectivity index (χ0n) is 20.1. The number of benzene rings is 2. The summed E-state index contributed by atoms with van der Waals surface area (Å²) in [6.07, 6.45) is 1.16. The van der Waals surface area contributed by atoms with Crippen LogP contribution in [-0.2, 0) is 9.84 Å². The Morgan fingerprint density at radius 2 is 1.78 bits per heavy atom. The number of H-pyrrole nitrogens is 1. The van der Waals surface area contributed by atoms with E-state index in [4.69, 9.17) is 19.2 Å². The molecule has 0 bridgehead atoms. The quantitative estimate of drug-likeness (QED) is 0.312. The van der Waals surface area contributed by atoms with Gasteiger partial charge in [0.25, 0.3) is 5.56 Å². The number of halogens is 1. The number of aryl methyl sites for hydroxylation is 1. The van der Waals surface area contributed by atoms with Gasteiger partial charge in [0.1, 0.15) is 34.0 Å². The van der Waals surface area contributed by atoms with Crippen LogP contribution in [0.5, 0.6) is 17.2 Å². The third-order valence-electron chi connectivity index (χ3n) is 5.52. The lowest BCUT2D eigenvalue weighted by Crippen LogP contribution is -2.12. The van der Waals surface area contributed by atoms with Crippen molar-refractivity contribution >= 4 is 36.7 Å². The Balaban J connectivity index is 1.91. The highest BCUT2D eigenvalue weighted by Crippen LogP contribution is 2.34. The predicted octanol–water partition coefficient (Wildman–Crippen LogP) is 4.15. The SMILES string of the molecule is COc1cc(OC)c2c(=O)[nH]c(-c3ccc(OCCBr)c(-c4ccc(S(C)(=O)=O)cc4C)n3)nc2c1. The summed E-state index contributed by atoms with van der Waals surface area (Å²) in [6, 6.07) is 11.6. The van der Waals surface area contributed by atoms with Crippen LogP contribution >= 0.6 is 15.9 Å². The Kier molecular flexibility index (Phi) is 7.32. The lowest BCUT2D eigenvalue weighted by molar-refractivity contribution is 0.345. The molecule has 0 fully saturated rings. The highest BCUT2D eigenvalue weighted by atomic mass is 79.9. The molecule has 0 amide bonds. The Bertz CT molecular complexity index is 1620. The Hall–Kier alpha value is -3.44. The van der Waals surface area contributed by atoms with Gasteiger partial charge in [0.05, 0.1) is 31.2 Å². The number of hydrogen-bond acceptors (Lipinski definition) is 8. The van der Waals surface area contributed by atoms with E-state index in [1.165, 1.54) is 20.3 Å². The van der Waals surface area contributed by atoms with E-state index in [2.05, 4.69) is 25.9 Å². The lowest BCUT2D eigenvalue weighted by Gasteiger charge is -2.14. The summed E-state index contributed by atoms with van der Waals surface area (Å²) >= 11 is 3.36. The van der Waals surface area contributed by atoms with Gasteiger partial charge < -0.3 is 19.2 Å². The van der Waals surface area contributed by atoms with Crippen molar-refractivity contribution in [2.75, 3.05) is 32.4 Å². The van der Waals surface area contributed by atoms with E-state index in [-0.39, 0.29) is 16.3 Å². The highest BCUT2D eigenvalue weighted by Gasteiger charge is 2.18. The molecule has 0 radical (unpaired) electrons. The molecule has 0 saturated heterocycles. The van der Waals surface area contributed by atoms with E-state index in [1.807, 2.05) is 0 Å². The van der Waals surface area contributed by atoms with E-state index < -0.39 is 9.84 Å². The largest absolute Gasteiger partial charge is 0.497 e. The molecule has 2 heterocycles. The van der Waals surface area contributed by atoms with Gasteiger partial charge >= 0.3 is 0 Å². The number of ether oxygens (including phenoxy) is 3. The summed E-state index contributed by atoms with van der Waals surface area (Å²) in [5.41, 5.74) is 2.31. The van der Waals surface area contributed by atoms with Gasteiger partial charge in [0, 0.05) is 29.3 Å². The molecule has 0 aliphatic heterocycles. The van der Waals surface area contributed by atoms with E-state index >= 15 is 0 Å². The first kappa shape index (κ1) is 25.6. The number of pyridine rings is 1. The number of nitrogens with zero attached hydrogens (tertiary/aromatic N) is 2. The predicted molar refractivity (Wildman–Crippen MR) is 141 cm³/mol. The van der Waals surface area contributed by atoms with Gasteiger partial charge in [-0.2, -0.15) is 0 Å². The summed E-state index contributed by atoms with van der Waals surface area (Å²) in [4.78, 5) is 25.4. The zero-order chi connectivity index (χ0) is 26.0. The third-order valence-corrected chi connectivity index (χ3v) is 6.95. The van der Waals surface area contributed by atoms with Gasteiger partial charge in [-0.1, -0.05) is 22.0 Å². The molecule has 11 heteroatoms. The molecular formula is C25H24BrN3O6S. The number of rotatable bonds is 8. The molecule has 0 atom stereocenters. The Morgan fingerprint density at radius 3 is 2.42 bits per heavy atom. The van der Waals surface area contributed by atoms with Gasteiger partial charge in [-0.25, -0.2) is 18.4 Å². The summed E-state index contributed by atoms with van der Waals surface area (Å²) in [7, 11) is -0.375. The molecule has 0 aliphatic rings. The van der Waals surface area contributed by atoms with Crippen LogP contribution < -0.4 is 19.8 Å². The number of fused-ring (bicyclic) bond motifs is 1. The van der Waals surface area contributed by atoms with Gasteiger partial charge in [-0.05, 0) is 36.8 Å². The number of aromatic nitrogens is 3. The minimum atomic E-state index is -3.36. The van der Waals surface area contributed by atoms with Gasteiger partial charge in [0.15, 0.2) is 15.7 Å². The van der Waals surface area contributed by atoms with E-state index in [9.17, 15) is 13.2 Å². The minimum absolute atomic E-state index is 0.214. The summed E-state index contributed by atoms with van der Waals surface area (Å²) < 4.78 is 40.6. The van der Waals surface area contributed by atoms with Crippen LogP contribution in [0.25, 0.3) is 33.7 Å². The van der Waals surface area contributed by atoms with Crippen LogP contribution in [0.1, 0.15) is 5.56 Å². The molecule has 0 unspecified atom stereocenters. The molecule has 36 heavy (non-hydrogen) atoms. The minimum Gasteiger partial charge on any atom is -0.497 e. The first-order valence-electron chi connectivity index (χ1n) is 10.8. The molecule has 1 N–H and O–H groups in total. The van der Waals surface area contributed by atoms with Crippen LogP contribution in [0.15, 0.2) is 52.2 Å². The fraction of sp³-hybridized carbons (Fsp3) is 0.240. The number of methoxy groups -OCH3 is 2. The van der Waals surface area contributed by atoms with Crippen molar-refractivity contribution in [1.29, 1.82) is 0 Å². The standard InChI is InChI=1S/C25H24BrN3O6S/c1-14-11-16(36(4,31)32)5-6-17(14)23-20(35-10-9-26)8-7-18(27-23)24-28-19-12-15(33-2)13-21(34-3)22(19)25(30)29-24/h5-8,11-13H,9-10H2,1-4H3,(H,28,29,30). The average molecular weight is 574 g/mol. The summed E-state index contributed by atoms with van der Waals surface area (Å²) in [5, 5.41) is 0.912. The van der Waals surface area contributed by atoms with Crippen molar-refractivity contribution in [2.24, 2.45) is 0 Å². The second kappa shape index (κ2) is 10.3. The number of nitrogens with one attached hydrogen (secondary N) is 1. The first-order valence-corrected chi connectivity index (χ1v) is 13.8. The molecule has 2 aromatic carbocycles. The highest BCUT2D eigenvalue weighted by molar-refractivity contribution is 9.09. The maximum Gasteiger partial charge on any atom is 0.262 e. The topological polar surface area (TPSA) is 120 Å². The average Bonchev–Trinajstić information content (AvgIpc) is 2.85. The van der Waals surface area contributed by atoms with Gasteiger partial charge in [-0.3, -0.25) is 4.79 Å². The molecule has 4 aromatic rings. The van der Waals surface area contributed by atoms with Crippen molar-refractivity contribution in [3.05, 3.63) is 58.4 Å². The van der Waals surface area contributed by atoms with Crippen LogP contribution in [0.2, 0.25) is 0 Å². The van der Waals surface area contributed by atoms with E-state index in [1.54, 1.807) is 43.3 Å². The van der Waals surface area contributed by atoms with Crippen LogP contribution in [-0.4, -0.2) is 55.8 Å². The van der Waals surface area contributed by atoms with E-state index in [0.29, 0.717) is 62.6 Å². The second-order valence-electron chi connectivity index (χ2n) is 7.97. The fourth-order valence-corrected chi connectivity index (χ4v) is 4.65. The van der Waals surface area contributed by atoms with Crippen molar-refractivity contribution in [3.8, 4) is 40.0 Å². The smallest absolute Gasteiger partial charge is 0.262 e. The van der Waals surface area contributed by atoms with Crippen LogP contribution in [0, 0.1) is 6.92 Å². The molecule has 188 valence electrons. The molecule has 2 aromatic heterocycles. The van der Waals surface area contributed by atoms with E-state index in [0.717, 1.165) is 6.26 Å². The number of sulfone groups is 1. The van der Waals surface area contributed by atoms with Crippen LogP contribution in [0.4, 0.5) is 0 Å². The Morgan fingerprint density at radius 1 is 1.00 bits per heavy atom. The summed E-state index contributed by atoms with van der Waals surface area (Å²) in [5.74, 6) is 1.61. The molecule has 0 saturated carbocycles. The van der Waals surface area contributed by atoms with Gasteiger partial charge in [0.2, 0.25) is 0 Å². The van der Waals surface area contributed by atoms with Crippen molar-refractivity contribution in [2.45, 2.75) is 11.8 Å². The van der Waals surface area contributed by atoms with Crippen molar-refractivity contribution < 1.29 is 22.6 Å². The monoisotopic (exact) mass is 573 g/mol. The lowest BCUT2D eigenvalue weighted by atomic mass is 10.0. The molecular weight excluding hydrogens is 550 g/mol. The molecule has 0 spiro atoms. The summed E-state index contributed by atoms with van der Waals surface area (Å²) in [6.45, 7) is 2.21. The van der Waals surface area contributed by atoms with Crippen molar-refractivity contribution in [1.82, 2.24) is 15.0 Å². The maximum atomic E-state index is 13.0. The van der Waals surface area contributed by atoms with Gasteiger partial charge in [-0.15, -0.1) is 0 Å². The molecule has 4 rings (SSSR count). The number of hydrogen-bond donors (Lipinski definition) is 1. The third kappa shape index (κ3) is 5.07. The maximum absolute atomic E-state index is 13.0. The normalized spacial score (nSPS) is 11.5. The molecule has 9 nitrogen and oxygen atoms in total. The number of alkyl halides is 1. The zero-order valence-corrected chi connectivity index (χ0v) is 22.5. The Labute approximate surface area is 216 Å². The fourth-order valence-electron chi connectivity index (χ4n) is 3.78. The first-order chi connectivity index (χ1) is 17.2. The number of aromatic amines is 1. The van der Waals surface area contributed by atoms with Crippen LogP contribution in [0.3, 0.4) is 0 Å².